The summed E-state index contributed by atoms with van der Waals surface area (Å²) in [5, 5.41) is 2.91. The first-order chi connectivity index (χ1) is 11.2. The van der Waals surface area contributed by atoms with Crippen molar-refractivity contribution in [3.8, 4) is 5.75 Å². The van der Waals surface area contributed by atoms with E-state index in [-0.39, 0.29) is 11.8 Å². The molecule has 6 heteroatoms. The van der Waals surface area contributed by atoms with Gasteiger partial charge in [-0.2, -0.15) is 0 Å². The van der Waals surface area contributed by atoms with Gasteiger partial charge >= 0.3 is 0 Å². The number of amides is 1. The summed E-state index contributed by atoms with van der Waals surface area (Å²) in [4.78, 5) is 12.2. The quantitative estimate of drug-likeness (QED) is 0.700. The van der Waals surface area contributed by atoms with E-state index < -0.39 is 6.04 Å². The third kappa shape index (κ3) is 5.82. The lowest BCUT2D eigenvalue weighted by molar-refractivity contribution is -0.124. The largest absolute Gasteiger partial charge is 0.491 e. The summed E-state index contributed by atoms with van der Waals surface area (Å²) in [7, 11) is 1.64. The molecular weight excluding hydrogens is 296 g/mol. The van der Waals surface area contributed by atoms with E-state index in [0.29, 0.717) is 33.0 Å². The van der Waals surface area contributed by atoms with Crippen molar-refractivity contribution in [2.45, 2.75) is 25.4 Å². The summed E-state index contributed by atoms with van der Waals surface area (Å²) in [5.41, 5.74) is 7.04. The van der Waals surface area contributed by atoms with Crippen molar-refractivity contribution >= 4 is 5.91 Å². The van der Waals surface area contributed by atoms with Crippen LogP contribution in [-0.4, -0.2) is 45.5 Å². The highest BCUT2D eigenvalue weighted by Gasteiger charge is 2.26. The second-order valence-corrected chi connectivity index (χ2v) is 5.68. The SMILES string of the molecule is COCCOc1cccc(CNC(=O)C(N)C2CCOCC2)c1. The predicted octanol–water partition coefficient (Wildman–Crippen LogP) is 1.08. The molecular formula is C17H26N2O4. The fourth-order valence-corrected chi connectivity index (χ4v) is 2.58. The van der Waals surface area contributed by atoms with Crippen LogP contribution in [0.25, 0.3) is 0 Å². The second-order valence-electron chi connectivity index (χ2n) is 5.68. The highest BCUT2D eigenvalue weighted by Crippen LogP contribution is 2.18. The first-order valence-electron chi connectivity index (χ1n) is 8.02. The smallest absolute Gasteiger partial charge is 0.237 e. The van der Waals surface area contributed by atoms with Gasteiger partial charge in [0.15, 0.2) is 0 Å². The topological polar surface area (TPSA) is 82.8 Å². The van der Waals surface area contributed by atoms with E-state index in [9.17, 15) is 4.79 Å². The summed E-state index contributed by atoms with van der Waals surface area (Å²) in [6, 6.07) is 7.18. The van der Waals surface area contributed by atoms with Crippen LogP contribution in [0.15, 0.2) is 24.3 Å². The lowest BCUT2D eigenvalue weighted by atomic mass is 9.92. The Hall–Kier alpha value is -1.63. The van der Waals surface area contributed by atoms with E-state index in [1.807, 2.05) is 24.3 Å². The Morgan fingerprint density at radius 1 is 1.39 bits per heavy atom. The Balaban J connectivity index is 1.80. The van der Waals surface area contributed by atoms with Gasteiger partial charge in [-0.3, -0.25) is 4.79 Å². The molecule has 0 spiro atoms. The summed E-state index contributed by atoms with van der Waals surface area (Å²) < 4.78 is 15.8. The average Bonchev–Trinajstić information content (AvgIpc) is 2.60. The lowest BCUT2D eigenvalue weighted by Crippen LogP contribution is -2.46. The molecule has 1 fully saturated rings. The van der Waals surface area contributed by atoms with Crippen molar-refractivity contribution < 1.29 is 19.0 Å². The number of hydrogen-bond acceptors (Lipinski definition) is 5. The number of ether oxygens (including phenoxy) is 3. The van der Waals surface area contributed by atoms with Gasteiger partial charge in [-0.25, -0.2) is 0 Å². The molecule has 23 heavy (non-hydrogen) atoms. The molecule has 1 atom stereocenters. The molecule has 0 saturated carbocycles. The summed E-state index contributed by atoms with van der Waals surface area (Å²) in [6.45, 7) is 2.86. The van der Waals surface area contributed by atoms with Gasteiger partial charge in [0.1, 0.15) is 12.4 Å². The van der Waals surface area contributed by atoms with Crippen molar-refractivity contribution in [2.75, 3.05) is 33.5 Å². The maximum atomic E-state index is 12.2. The number of nitrogens with two attached hydrogens (primary N) is 1. The number of methoxy groups -OCH3 is 1. The first-order valence-corrected chi connectivity index (χ1v) is 8.02. The molecule has 1 aromatic carbocycles. The van der Waals surface area contributed by atoms with E-state index in [2.05, 4.69) is 5.32 Å². The van der Waals surface area contributed by atoms with Gasteiger partial charge < -0.3 is 25.3 Å². The number of carbonyl (C=O) groups is 1. The molecule has 1 unspecified atom stereocenters. The molecule has 2 rings (SSSR count). The van der Waals surface area contributed by atoms with Crippen LogP contribution in [0.3, 0.4) is 0 Å². The maximum Gasteiger partial charge on any atom is 0.237 e. The number of nitrogens with one attached hydrogen (secondary N) is 1. The van der Waals surface area contributed by atoms with Gasteiger partial charge in [-0.1, -0.05) is 12.1 Å². The molecule has 1 amide bonds. The van der Waals surface area contributed by atoms with E-state index >= 15 is 0 Å². The van der Waals surface area contributed by atoms with Gasteiger partial charge in [0.25, 0.3) is 0 Å². The Morgan fingerprint density at radius 2 is 2.17 bits per heavy atom. The van der Waals surface area contributed by atoms with Crippen molar-refractivity contribution in [3.05, 3.63) is 29.8 Å². The molecule has 1 aliphatic rings. The fraction of sp³-hybridized carbons (Fsp3) is 0.588. The Morgan fingerprint density at radius 3 is 2.91 bits per heavy atom. The minimum Gasteiger partial charge on any atom is -0.491 e. The maximum absolute atomic E-state index is 12.2. The molecule has 6 nitrogen and oxygen atoms in total. The molecule has 0 bridgehead atoms. The van der Waals surface area contributed by atoms with Gasteiger partial charge in [0.05, 0.1) is 12.6 Å². The van der Waals surface area contributed by atoms with Crippen LogP contribution >= 0.6 is 0 Å². The van der Waals surface area contributed by atoms with Crippen molar-refractivity contribution in [1.29, 1.82) is 0 Å². The average molecular weight is 322 g/mol. The van der Waals surface area contributed by atoms with E-state index in [1.54, 1.807) is 7.11 Å². The molecule has 1 aromatic rings. The minimum atomic E-state index is -0.472. The van der Waals surface area contributed by atoms with Crippen LogP contribution in [0.5, 0.6) is 5.75 Å². The second kappa shape index (κ2) is 9.50. The highest BCUT2D eigenvalue weighted by atomic mass is 16.5. The zero-order valence-electron chi connectivity index (χ0n) is 13.6. The van der Waals surface area contributed by atoms with E-state index in [4.69, 9.17) is 19.9 Å². The Bertz CT molecular complexity index is 489. The van der Waals surface area contributed by atoms with Crippen molar-refractivity contribution in [2.24, 2.45) is 11.7 Å². The summed E-state index contributed by atoms with van der Waals surface area (Å²) in [6.07, 6.45) is 1.69. The van der Waals surface area contributed by atoms with Crippen molar-refractivity contribution in [3.63, 3.8) is 0 Å². The zero-order chi connectivity index (χ0) is 16.5. The monoisotopic (exact) mass is 322 g/mol. The first kappa shape index (κ1) is 17.7. The Kier molecular flexibility index (Phi) is 7.32. The normalized spacial score (nSPS) is 16.8. The summed E-state index contributed by atoms with van der Waals surface area (Å²) in [5.74, 6) is 0.859. The minimum absolute atomic E-state index is 0.109. The molecule has 1 saturated heterocycles. The van der Waals surface area contributed by atoms with Crippen LogP contribution in [0.4, 0.5) is 0 Å². The number of hydrogen-bond donors (Lipinski definition) is 2. The fourth-order valence-electron chi connectivity index (χ4n) is 2.58. The van der Waals surface area contributed by atoms with Gasteiger partial charge in [0.2, 0.25) is 5.91 Å². The third-order valence-corrected chi connectivity index (χ3v) is 4.00. The summed E-state index contributed by atoms with van der Waals surface area (Å²) >= 11 is 0. The van der Waals surface area contributed by atoms with Gasteiger partial charge in [-0.15, -0.1) is 0 Å². The van der Waals surface area contributed by atoms with Crippen molar-refractivity contribution in [1.82, 2.24) is 5.32 Å². The number of benzene rings is 1. The number of carbonyl (C=O) groups excluding carboxylic acids is 1. The Labute approximate surface area is 137 Å². The predicted molar refractivity (Wildman–Crippen MR) is 87.2 cm³/mol. The lowest BCUT2D eigenvalue weighted by Gasteiger charge is -2.26. The molecule has 0 aromatic heterocycles. The molecule has 1 heterocycles. The van der Waals surface area contributed by atoms with Gasteiger partial charge in [0, 0.05) is 26.9 Å². The van der Waals surface area contributed by atoms with E-state index in [1.165, 1.54) is 0 Å². The molecule has 0 aliphatic carbocycles. The molecule has 3 N–H and O–H groups in total. The van der Waals surface area contributed by atoms with Crippen LogP contribution in [0, 0.1) is 5.92 Å². The zero-order valence-corrected chi connectivity index (χ0v) is 13.6. The van der Waals surface area contributed by atoms with Crippen LogP contribution in [-0.2, 0) is 20.8 Å². The van der Waals surface area contributed by atoms with Crippen LogP contribution in [0.2, 0.25) is 0 Å². The molecule has 0 radical (unpaired) electrons. The number of rotatable bonds is 8. The molecule has 1 aliphatic heterocycles. The highest BCUT2D eigenvalue weighted by molar-refractivity contribution is 5.81. The van der Waals surface area contributed by atoms with E-state index in [0.717, 1.165) is 24.2 Å². The molecule has 128 valence electrons. The van der Waals surface area contributed by atoms with Crippen LogP contribution < -0.4 is 15.8 Å². The van der Waals surface area contributed by atoms with Crippen LogP contribution in [0.1, 0.15) is 18.4 Å². The standard InChI is InChI=1S/C17H26N2O4/c1-21-9-10-23-15-4-2-3-13(11-15)12-19-17(20)16(18)14-5-7-22-8-6-14/h2-4,11,14,16H,5-10,12,18H2,1H3,(H,19,20). The van der Waals surface area contributed by atoms with Gasteiger partial charge in [-0.05, 0) is 36.5 Å². The third-order valence-electron chi connectivity index (χ3n) is 4.00.